The maximum absolute atomic E-state index is 6.01. The number of rotatable bonds is 1. The molecule has 1 aromatic carbocycles. The molecule has 0 fully saturated rings. The molecule has 0 saturated heterocycles. The van der Waals surface area contributed by atoms with Gasteiger partial charge in [0.15, 0.2) is 11.5 Å². The molecular formula is C16H15ClN4. The Bertz CT molecular complexity index is 820. The van der Waals surface area contributed by atoms with Gasteiger partial charge in [0.25, 0.3) is 0 Å². The van der Waals surface area contributed by atoms with Gasteiger partial charge in [-0.25, -0.2) is 4.98 Å². The van der Waals surface area contributed by atoms with Crippen molar-refractivity contribution in [1.82, 2.24) is 15.2 Å². The molecule has 0 amide bonds. The summed E-state index contributed by atoms with van der Waals surface area (Å²) in [5.74, 6) is 0.554. The van der Waals surface area contributed by atoms with Crippen LogP contribution in [0.25, 0.3) is 22.3 Å². The first kappa shape index (κ1) is 12.7. The van der Waals surface area contributed by atoms with E-state index in [0.29, 0.717) is 5.82 Å². The zero-order valence-electron chi connectivity index (χ0n) is 11.5. The summed E-state index contributed by atoms with van der Waals surface area (Å²) in [5, 5.41) is 8.81. The van der Waals surface area contributed by atoms with Crippen LogP contribution in [0.3, 0.4) is 0 Å². The number of nitrogens with zero attached hydrogens (tertiary/aromatic N) is 2. The van der Waals surface area contributed by atoms with Crippen LogP contribution < -0.4 is 5.73 Å². The van der Waals surface area contributed by atoms with Crippen molar-refractivity contribution < 1.29 is 0 Å². The number of fused-ring (bicyclic) bond motifs is 3. The smallest absolute Gasteiger partial charge is 0.158 e. The number of pyridine rings is 1. The number of aryl methyl sites for hydroxylation is 1. The van der Waals surface area contributed by atoms with Crippen molar-refractivity contribution in [3.63, 3.8) is 0 Å². The number of nitrogens with one attached hydrogen (secondary N) is 1. The number of aromatic amines is 1. The summed E-state index contributed by atoms with van der Waals surface area (Å²) in [7, 11) is 0. The van der Waals surface area contributed by atoms with Crippen molar-refractivity contribution >= 4 is 28.5 Å². The lowest BCUT2D eigenvalue weighted by atomic mass is 9.87. The number of nitrogen functional groups attached to an aromatic ring is 1. The van der Waals surface area contributed by atoms with Gasteiger partial charge in [0.1, 0.15) is 0 Å². The Kier molecular flexibility index (Phi) is 2.86. The lowest BCUT2D eigenvalue weighted by Crippen LogP contribution is -2.07. The Morgan fingerprint density at radius 3 is 2.52 bits per heavy atom. The molecule has 0 saturated carbocycles. The second-order valence-electron chi connectivity index (χ2n) is 5.46. The van der Waals surface area contributed by atoms with Gasteiger partial charge in [0, 0.05) is 10.6 Å². The van der Waals surface area contributed by atoms with Crippen LogP contribution in [0.15, 0.2) is 24.3 Å². The molecule has 0 bridgehead atoms. The fourth-order valence-electron chi connectivity index (χ4n) is 3.19. The van der Waals surface area contributed by atoms with Crippen LogP contribution in [0.4, 0.5) is 5.82 Å². The van der Waals surface area contributed by atoms with Crippen molar-refractivity contribution in [2.75, 3.05) is 5.73 Å². The number of aromatic nitrogens is 3. The summed E-state index contributed by atoms with van der Waals surface area (Å²) in [4.78, 5) is 4.77. The molecule has 106 valence electrons. The third-order valence-electron chi connectivity index (χ3n) is 4.17. The Balaban J connectivity index is 2.02. The molecule has 3 aromatic rings. The Hall–Kier alpha value is -2.07. The molecule has 3 N–H and O–H groups in total. The zero-order valence-corrected chi connectivity index (χ0v) is 12.2. The van der Waals surface area contributed by atoms with E-state index >= 15 is 0 Å². The summed E-state index contributed by atoms with van der Waals surface area (Å²) in [6.45, 7) is 0. The lowest BCUT2D eigenvalue weighted by Gasteiger charge is -2.20. The summed E-state index contributed by atoms with van der Waals surface area (Å²) in [6, 6.07) is 7.84. The van der Waals surface area contributed by atoms with E-state index in [4.69, 9.17) is 22.3 Å². The fourth-order valence-corrected chi connectivity index (χ4v) is 3.32. The van der Waals surface area contributed by atoms with E-state index < -0.39 is 0 Å². The standard InChI is InChI=1S/C16H15ClN4/c17-10-7-5-9(6-8-10)14-12-4-2-1-3-11(12)13-15(18)20-21-16(13)19-14/h5-8H,1-4H2,(H3,18,19,20,21). The predicted molar refractivity (Wildman–Crippen MR) is 85.4 cm³/mol. The molecule has 4 rings (SSSR count). The van der Waals surface area contributed by atoms with Crippen LogP contribution in [0.5, 0.6) is 0 Å². The maximum atomic E-state index is 6.01. The van der Waals surface area contributed by atoms with E-state index in [9.17, 15) is 0 Å². The number of halogens is 1. The van der Waals surface area contributed by atoms with E-state index in [-0.39, 0.29) is 0 Å². The molecule has 2 aromatic heterocycles. The van der Waals surface area contributed by atoms with Crippen molar-refractivity contribution in [3.05, 3.63) is 40.4 Å². The van der Waals surface area contributed by atoms with E-state index in [0.717, 1.165) is 40.2 Å². The molecule has 0 aliphatic heterocycles. The highest BCUT2D eigenvalue weighted by molar-refractivity contribution is 6.30. The first-order chi connectivity index (χ1) is 10.2. The van der Waals surface area contributed by atoms with Crippen LogP contribution in [0.2, 0.25) is 5.02 Å². The molecule has 5 heteroatoms. The van der Waals surface area contributed by atoms with Gasteiger partial charge in [0.05, 0.1) is 11.1 Å². The third kappa shape index (κ3) is 1.98. The highest BCUT2D eigenvalue weighted by Crippen LogP contribution is 2.36. The number of nitrogens with two attached hydrogens (primary N) is 1. The van der Waals surface area contributed by atoms with E-state index in [2.05, 4.69) is 10.2 Å². The van der Waals surface area contributed by atoms with E-state index in [1.165, 1.54) is 24.0 Å². The molecule has 21 heavy (non-hydrogen) atoms. The molecule has 0 atom stereocenters. The summed E-state index contributed by atoms with van der Waals surface area (Å²) in [6.07, 6.45) is 4.47. The largest absolute Gasteiger partial charge is 0.382 e. The number of hydrogen-bond acceptors (Lipinski definition) is 3. The molecule has 1 aliphatic rings. The van der Waals surface area contributed by atoms with Crippen molar-refractivity contribution in [3.8, 4) is 11.3 Å². The first-order valence-corrected chi connectivity index (χ1v) is 7.53. The summed E-state index contributed by atoms with van der Waals surface area (Å²) >= 11 is 5.99. The molecule has 1 aliphatic carbocycles. The fraction of sp³-hybridized carbons (Fsp3) is 0.250. The van der Waals surface area contributed by atoms with Crippen LogP contribution in [-0.2, 0) is 12.8 Å². The Morgan fingerprint density at radius 2 is 1.76 bits per heavy atom. The van der Waals surface area contributed by atoms with E-state index in [1.807, 2.05) is 24.3 Å². The lowest BCUT2D eigenvalue weighted by molar-refractivity contribution is 0.689. The molecular weight excluding hydrogens is 284 g/mol. The second-order valence-corrected chi connectivity index (χ2v) is 5.90. The Labute approximate surface area is 127 Å². The van der Waals surface area contributed by atoms with Gasteiger partial charge >= 0.3 is 0 Å². The molecule has 0 spiro atoms. The minimum Gasteiger partial charge on any atom is -0.382 e. The topological polar surface area (TPSA) is 67.6 Å². The van der Waals surface area contributed by atoms with Crippen molar-refractivity contribution in [2.45, 2.75) is 25.7 Å². The zero-order chi connectivity index (χ0) is 14.4. The molecule has 0 unspecified atom stereocenters. The van der Waals surface area contributed by atoms with Crippen LogP contribution in [0, 0.1) is 0 Å². The minimum atomic E-state index is 0.554. The number of benzene rings is 1. The average Bonchev–Trinajstić information content (AvgIpc) is 2.89. The third-order valence-corrected chi connectivity index (χ3v) is 4.42. The van der Waals surface area contributed by atoms with Gasteiger partial charge in [-0.1, -0.05) is 23.7 Å². The van der Waals surface area contributed by atoms with Crippen molar-refractivity contribution in [2.24, 2.45) is 0 Å². The van der Waals surface area contributed by atoms with Gasteiger partial charge in [-0.05, 0) is 48.9 Å². The Morgan fingerprint density at radius 1 is 1.05 bits per heavy atom. The maximum Gasteiger partial charge on any atom is 0.158 e. The average molecular weight is 299 g/mol. The van der Waals surface area contributed by atoms with Crippen LogP contribution in [-0.4, -0.2) is 15.2 Å². The number of anilines is 1. The van der Waals surface area contributed by atoms with Gasteiger partial charge in [0.2, 0.25) is 0 Å². The van der Waals surface area contributed by atoms with Gasteiger partial charge in [-0.15, -0.1) is 0 Å². The number of hydrogen-bond donors (Lipinski definition) is 2. The minimum absolute atomic E-state index is 0.554. The number of H-pyrrole nitrogens is 1. The molecule has 2 heterocycles. The normalized spacial score (nSPS) is 14.3. The van der Waals surface area contributed by atoms with Crippen molar-refractivity contribution in [1.29, 1.82) is 0 Å². The van der Waals surface area contributed by atoms with Gasteiger partial charge < -0.3 is 5.73 Å². The highest BCUT2D eigenvalue weighted by atomic mass is 35.5. The SMILES string of the molecule is Nc1n[nH]c2nc(-c3ccc(Cl)cc3)c3c(c12)CCCC3. The predicted octanol–water partition coefficient (Wildman–Crippen LogP) is 3.74. The van der Waals surface area contributed by atoms with E-state index in [1.54, 1.807) is 0 Å². The second kappa shape index (κ2) is 4.74. The molecule has 0 radical (unpaired) electrons. The van der Waals surface area contributed by atoms with Gasteiger partial charge in [-0.3, -0.25) is 5.10 Å². The quantitative estimate of drug-likeness (QED) is 0.719. The monoisotopic (exact) mass is 298 g/mol. The summed E-state index contributed by atoms with van der Waals surface area (Å²) < 4.78 is 0. The van der Waals surface area contributed by atoms with Crippen LogP contribution >= 0.6 is 11.6 Å². The first-order valence-electron chi connectivity index (χ1n) is 7.15. The molecule has 4 nitrogen and oxygen atoms in total. The van der Waals surface area contributed by atoms with Gasteiger partial charge in [-0.2, -0.15) is 5.10 Å². The summed E-state index contributed by atoms with van der Waals surface area (Å²) in [5.41, 5.74) is 11.5. The highest BCUT2D eigenvalue weighted by Gasteiger charge is 2.21. The van der Waals surface area contributed by atoms with Crippen LogP contribution in [0.1, 0.15) is 24.0 Å².